The van der Waals surface area contributed by atoms with Gasteiger partial charge in [0.25, 0.3) is 5.56 Å². The van der Waals surface area contributed by atoms with Gasteiger partial charge in [0, 0.05) is 12.4 Å². The standard InChI is InChI=1S/C11H10N6O/c1-6-3-7(2)10-12-4-8(9-13-15-16-14-9)11(18)17(10)5-6/h3-5H,1-2H3,(H,13,14,15,16). The van der Waals surface area contributed by atoms with E-state index in [1.165, 1.54) is 10.6 Å². The lowest BCUT2D eigenvalue weighted by Crippen LogP contribution is -2.18. The minimum atomic E-state index is -0.201. The van der Waals surface area contributed by atoms with Gasteiger partial charge in [-0.05, 0) is 30.2 Å². The van der Waals surface area contributed by atoms with E-state index >= 15 is 0 Å². The quantitative estimate of drug-likeness (QED) is 0.670. The SMILES string of the molecule is Cc1cc(C)c2ncc(-c3nn[nH]n3)c(=O)n2c1. The Bertz CT molecular complexity index is 774. The van der Waals surface area contributed by atoms with Gasteiger partial charge >= 0.3 is 0 Å². The minimum absolute atomic E-state index is 0.201. The van der Waals surface area contributed by atoms with Gasteiger partial charge in [0.2, 0.25) is 5.82 Å². The maximum Gasteiger partial charge on any atom is 0.269 e. The number of pyridine rings is 1. The molecule has 18 heavy (non-hydrogen) atoms. The zero-order valence-electron chi connectivity index (χ0n) is 9.88. The summed E-state index contributed by atoms with van der Waals surface area (Å²) in [6, 6.07) is 1.98. The molecule has 0 saturated heterocycles. The highest BCUT2D eigenvalue weighted by molar-refractivity contribution is 5.56. The number of aryl methyl sites for hydroxylation is 2. The van der Waals surface area contributed by atoms with E-state index in [2.05, 4.69) is 25.6 Å². The van der Waals surface area contributed by atoms with Gasteiger partial charge in [-0.25, -0.2) is 4.98 Å². The Morgan fingerprint density at radius 1 is 1.33 bits per heavy atom. The molecular weight excluding hydrogens is 232 g/mol. The summed E-state index contributed by atoms with van der Waals surface area (Å²) in [5.41, 5.74) is 2.71. The first-order valence-corrected chi connectivity index (χ1v) is 5.39. The van der Waals surface area contributed by atoms with Crippen molar-refractivity contribution in [1.82, 2.24) is 30.0 Å². The molecule has 0 aliphatic heterocycles. The molecule has 0 aromatic carbocycles. The maximum atomic E-state index is 12.3. The van der Waals surface area contributed by atoms with Crippen molar-refractivity contribution < 1.29 is 0 Å². The monoisotopic (exact) mass is 242 g/mol. The number of H-pyrrole nitrogens is 1. The van der Waals surface area contributed by atoms with Crippen LogP contribution < -0.4 is 5.56 Å². The minimum Gasteiger partial charge on any atom is -0.268 e. The van der Waals surface area contributed by atoms with Crippen LogP contribution in [0.5, 0.6) is 0 Å². The highest BCUT2D eigenvalue weighted by Crippen LogP contribution is 2.11. The van der Waals surface area contributed by atoms with Gasteiger partial charge in [-0.2, -0.15) is 5.21 Å². The molecule has 7 heteroatoms. The molecule has 0 atom stereocenters. The Morgan fingerprint density at radius 2 is 2.17 bits per heavy atom. The number of hydrogen-bond donors (Lipinski definition) is 1. The zero-order chi connectivity index (χ0) is 12.7. The van der Waals surface area contributed by atoms with E-state index in [9.17, 15) is 4.79 Å². The predicted octanol–water partition coefficient (Wildman–Crippen LogP) is 0.491. The van der Waals surface area contributed by atoms with Gasteiger partial charge in [-0.15, -0.1) is 10.2 Å². The fourth-order valence-electron chi connectivity index (χ4n) is 1.96. The third-order valence-corrected chi connectivity index (χ3v) is 2.71. The second-order valence-corrected chi connectivity index (χ2v) is 4.11. The second kappa shape index (κ2) is 3.73. The summed E-state index contributed by atoms with van der Waals surface area (Å²) >= 11 is 0. The van der Waals surface area contributed by atoms with E-state index in [1.54, 1.807) is 6.20 Å². The van der Waals surface area contributed by atoms with E-state index in [0.29, 0.717) is 11.2 Å². The molecule has 3 aromatic heterocycles. The zero-order valence-corrected chi connectivity index (χ0v) is 9.88. The van der Waals surface area contributed by atoms with Crippen molar-refractivity contribution >= 4 is 5.65 Å². The lowest BCUT2D eigenvalue weighted by Gasteiger charge is -2.05. The average Bonchev–Trinajstić information content (AvgIpc) is 2.84. The molecule has 0 radical (unpaired) electrons. The van der Waals surface area contributed by atoms with Crippen LogP contribution in [0.25, 0.3) is 17.0 Å². The molecule has 0 spiro atoms. The van der Waals surface area contributed by atoms with Gasteiger partial charge in [0.05, 0.1) is 0 Å². The Hall–Kier alpha value is -2.57. The summed E-state index contributed by atoms with van der Waals surface area (Å²) in [4.78, 5) is 16.6. The molecule has 7 nitrogen and oxygen atoms in total. The average molecular weight is 242 g/mol. The summed E-state index contributed by atoms with van der Waals surface area (Å²) in [5, 5.41) is 13.4. The number of fused-ring (bicyclic) bond motifs is 1. The molecule has 0 saturated carbocycles. The van der Waals surface area contributed by atoms with Crippen LogP contribution in [0, 0.1) is 13.8 Å². The number of nitrogens with zero attached hydrogens (tertiary/aromatic N) is 5. The van der Waals surface area contributed by atoms with Crippen LogP contribution in [-0.4, -0.2) is 30.0 Å². The van der Waals surface area contributed by atoms with Gasteiger partial charge in [0.15, 0.2) is 0 Å². The summed E-state index contributed by atoms with van der Waals surface area (Å²) < 4.78 is 1.51. The highest BCUT2D eigenvalue weighted by Gasteiger charge is 2.12. The second-order valence-electron chi connectivity index (χ2n) is 4.11. The van der Waals surface area contributed by atoms with Crippen molar-refractivity contribution in [3.63, 3.8) is 0 Å². The molecule has 0 aliphatic rings. The molecule has 0 amide bonds. The van der Waals surface area contributed by atoms with Crippen LogP contribution in [0.3, 0.4) is 0 Å². The number of hydrogen-bond acceptors (Lipinski definition) is 5. The summed E-state index contributed by atoms with van der Waals surface area (Å²) in [5.74, 6) is 0.251. The van der Waals surface area contributed by atoms with Crippen LogP contribution in [-0.2, 0) is 0 Å². The lowest BCUT2D eigenvalue weighted by molar-refractivity contribution is 0.881. The number of aromatic nitrogens is 6. The molecule has 0 fully saturated rings. The number of tetrazole rings is 1. The molecule has 1 N–H and O–H groups in total. The lowest BCUT2D eigenvalue weighted by atomic mass is 10.2. The first-order valence-electron chi connectivity index (χ1n) is 5.39. The maximum absolute atomic E-state index is 12.3. The van der Waals surface area contributed by atoms with Crippen molar-refractivity contribution in [2.45, 2.75) is 13.8 Å². The Kier molecular flexibility index (Phi) is 2.19. The molecular formula is C11H10N6O. The Morgan fingerprint density at radius 3 is 2.89 bits per heavy atom. The van der Waals surface area contributed by atoms with E-state index in [0.717, 1.165) is 11.1 Å². The van der Waals surface area contributed by atoms with E-state index in [4.69, 9.17) is 0 Å². The van der Waals surface area contributed by atoms with Crippen LogP contribution in [0.2, 0.25) is 0 Å². The fourth-order valence-corrected chi connectivity index (χ4v) is 1.96. The van der Waals surface area contributed by atoms with Crippen LogP contribution >= 0.6 is 0 Å². The summed E-state index contributed by atoms with van der Waals surface area (Å²) in [7, 11) is 0. The third-order valence-electron chi connectivity index (χ3n) is 2.71. The summed E-state index contributed by atoms with van der Waals surface area (Å²) in [6.07, 6.45) is 3.23. The van der Waals surface area contributed by atoms with Crippen LogP contribution in [0.4, 0.5) is 0 Å². The van der Waals surface area contributed by atoms with E-state index in [1.807, 2.05) is 19.9 Å². The molecule has 3 rings (SSSR count). The largest absolute Gasteiger partial charge is 0.269 e. The number of rotatable bonds is 1. The van der Waals surface area contributed by atoms with Crippen molar-refractivity contribution in [3.8, 4) is 11.4 Å². The van der Waals surface area contributed by atoms with Gasteiger partial charge in [0.1, 0.15) is 11.2 Å². The summed E-state index contributed by atoms with van der Waals surface area (Å²) in [6.45, 7) is 3.85. The molecule has 90 valence electrons. The highest BCUT2D eigenvalue weighted by atomic mass is 16.1. The molecule has 0 aliphatic carbocycles. The molecule has 3 aromatic rings. The van der Waals surface area contributed by atoms with Crippen molar-refractivity contribution in [2.24, 2.45) is 0 Å². The first kappa shape index (κ1) is 10.6. The van der Waals surface area contributed by atoms with Gasteiger partial charge in [-0.3, -0.25) is 9.20 Å². The fraction of sp³-hybridized carbons (Fsp3) is 0.182. The Balaban J connectivity index is 2.40. The van der Waals surface area contributed by atoms with Crippen molar-refractivity contribution in [3.05, 3.63) is 39.9 Å². The van der Waals surface area contributed by atoms with Crippen molar-refractivity contribution in [2.75, 3.05) is 0 Å². The first-order chi connectivity index (χ1) is 8.66. The van der Waals surface area contributed by atoms with E-state index in [-0.39, 0.29) is 11.4 Å². The number of aromatic amines is 1. The Labute approximate surface area is 102 Å². The van der Waals surface area contributed by atoms with E-state index < -0.39 is 0 Å². The molecule has 0 unspecified atom stereocenters. The third kappa shape index (κ3) is 1.48. The van der Waals surface area contributed by atoms with Gasteiger partial charge < -0.3 is 0 Å². The number of nitrogens with one attached hydrogen (secondary N) is 1. The molecule has 3 heterocycles. The molecule has 0 bridgehead atoms. The van der Waals surface area contributed by atoms with Crippen LogP contribution in [0.15, 0.2) is 23.3 Å². The van der Waals surface area contributed by atoms with Crippen LogP contribution in [0.1, 0.15) is 11.1 Å². The predicted molar refractivity (Wildman–Crippen MR) is 64.1 cm³/mol. The topological polar surface area (TPSA) is 88.8 Å². The smallest absolute Gasteiger partial charge is 0.268 e. The van der Waals surface area contributed by atoms with Crippen molar-refractivity contribution in [1.29, 1.82) is 0 Å². The van der Waals surface area contributed by atoms with Gasteiger partial charge in [-0.1, -0.05) is 6.07 Å². The normalized spacial score (nSPS) is 11.0.